The maximum absolute atomic E-state index is 12.0. The van der Waals surface area contributed by atoms with E-state index in [1.807, 2.05) is 27.2 Å². The number of carbonyl (C=O) groups is 1. The number of rotatable bonds is 6. The van der Waals surface area contributed by atoms with Crippen LogP contribution in [0.1, 0.15) is 17.4 Å². The highest BCUT2D eigenvalue weighted by molar-refractivity contribution is 6.02. The van der Waals surface area contributed by atoms with E-state index in [2.05, 4.69) is 20.4 Å². The topological polar surface area (TPSA) is 68.0 Å². The van der Waals surface area contributed by atoms with Gasteiger partial charge in [0.15, 0.2) is 5.69 Å². The molecule has 2 heterocycles. The fraction of sp³-hybridized carbons (Fsp3) is 0.462. The zero-order valence-electron chi connectivity index (χ0n) is 12.1. The van der Waals surface area contributed by atoms with Gasteiger partial charge in [-0.15, -0.1) is 0 Å². The van der Waals surface area contributed by atoms with E-state index in [-0.39, 0.29) is 5.91 Å². The van der Waals surface area contributed by atoms with Crippen LogP contribution in [0.5, 0.6) is 0 Å². The normalized spacial score (nSPS) is 11.0. The van der Waals surface area contributed by atoms with Crippen LogP contribution in [0.4, 0.5) is 5.69 Å². The second-order valence-corrected chi connectivity index (χ2v) is 4.81. The average molecular weight is 276 g/mol. The number of likely N-dealkylation sites (N-methyl/N-ethyl adjacent to an activating group) is 1. The van der Waals surface area contributed by atoms with Crippen LogP contribution in [-0.4, -0.2) is 51.0 Å². The second kappa shape index (κ2) is 6.33. The number of aromatic nitrogens is 4. The molecule has 0 aliphatic rings. The highest BCUT2D eigenvalue weighted by Crippen LogP contribution is 2.07. The lowest BCUT2D eigenvalue weighted by molar-refractivity contribution is 0.102. The summed E-state index contributed by atoms with van der Waals surface area (Å²) in [5.74, 6) is -0.218. The summed E-state index contributed by atoms with van der Waals surface area (Å²) < 4.78 is 3.52. The molecule has 1 N–H and O–H groups in total. The number of anilines is 1. The first-order valence-corrected chi connectivity index (χ1v) is 6.60. The molecule has 2 rings (SSSR count). The van der Waals surface area contributed by atoms with E-state index < -0.39 is 0 Å². The SMILES string of the molecule is CCn1ccc(C(=O)Nc2cnn(CCN(C)C)c2)n1. The molecule has 0 atom stereocenters. The van der Waals surface area contributed by atoms with Crippen molar-refractivity contribution >= 4 is 11.6 Å². The number of carbonyl (C=O) groups excluding carboxylic acids is 1. The largest absolute Gasteiger partial charge is 0.318 e. The van der Waals surface area contributed by atoms with Gasteiger partial charge >= 0.3 is 0 Å². The molecule has 0 aliphatic carbocycles. The summed E-state index contributed by atoms with van der Waals surface area (Å²) in [6.07, 6.45) is 5.25. The van der Waals surface area contributed by atoms with Crippen molar-refractivity contribution in [3.63, 3.8) is 0 Å². The number of nitrogens with one attached hydrogen (secondary N) is 1. The standard InChI is InChI=1S/C13H20N6O/c1-4-18-6-5-12(16-18)13(20)15-11-9-14-19(10-11)8-7-17(2)3/h5-6,9-10H,4,7-8H2,1-3H3,(H,15,20). The number of aryl methyl sites for hydroxylation is 1. The van der Waals surface area contributed by atoms with Gasteiger partial charge < -0.3 is 10.2 Å². The first-order valence-electron chi connectivity index (χ1n) is 6.60. The highest BCUT2D eigenvalue weighted by atomic mass is 16.2. The Kier molecular flexibility index (Phi) is 4.52. The van der Waals surface area contributed by atoms with Gasteiger partial charge in [0.25, 0.3) is 5.91 Å². The van der Waals surface area contributed by atoms with Crippen LogP contribution in [-0.2, 0) is 13.1 Å². The summed E-state index contributed by atoms with van der Waals surface area (Å²) in [6.45, 7) is 4.41. The molecule has 0 bridgehead atoms. The van der Waals surface area contributed by atoms with Gasteiger partial charge in [-0.1, -0.05) is 0 Å². The zero-order valence-corrected chi connectivity index (χ0v) is 12.1. The first-order chi connectivity index (χ1) is 9.58. The van der Waals surface area contributed by atoms with Crippen LogP contribution in [0.25, 0.3) is 0 Å². The van der Waals surface area contributed by atoms with Gasteiger partial charge in [-0.25, -0.2) is 0 Å². The first kappa shape index (κ1) is 14.3. The maximum atomic E-state index is 12.0. The van der Waals surface area contributed by atoms with Crippen LogP contribution < -0.4 is 5.32 Å². The average Bonchev–Trinajstić information content (AvgIpc) is 3.05. The van der Waals surface area contributed by atoms with Crippen molar-refractivity contribution in [1.29, 1.82) is 0 Å². The Morgan fingerprint density at radius 2 is 2.20 bits per heavy atom. The van der Waals surface area contributed by atoms with E-state index in [1.54, 1.807) is 27.8 Å². The predicted octanol–water partition coefficient (Wildman–Crippen LogP) is 0.913. The van der Waals surface area contributed by atoms with Crippen molar-refractivity contribution in [3.8, 4) is 0 Å². The van der Waals surface area contributed by atoms with Gasteiger partial charge in [-0.3, -0.25) is 14.2 Å². The van der Waals surface area contributed by atoms with Gasteiger partial charge in [0.1, 0.15) is 0 Å². The minimum atomic E-state index is -0.218. The quantitative estimate of drug-likeness (QED) is 0.851. The van der Waals surface area contributed by atoms with Crippen molar-refractivity contribution in [1.82, 2.24) is 24.5 Å². The Bertz CT molecular complexity index is 571. The second-order valence-electron chi connectivity index (χ2n) is 4.81. The zero-order chi connectivity index (χ0) is 14.5. The Labute approximate surface area is 118 Å². The van der Waals surface area contributed by atoms with E-state index in [4.69, 9.17) is 0 Å². The Hall–Kier alpha value is -2.15. The molecule has 1 amide bonds. The van der Waals surface area contributed by atoms with Gasteiger partial charge in [0.05, 0.1) is 18.4 Å². The van der Waals surface area contributed by atoms with E-state index >= 15 is 0 Å². The summed E-state index contributed by atoms with van der Waals surface area (Å²) in [5, 5.41) is 11.2. The number of hydrogen-bond donors (Lipinski definition) is 1. The molecule has 7 heteroatoms. The minimum absolute atomic E-state index is 0.218. The Balaban J connectivity index is 1.94. The Morgan fingerprint density at radius 3 is 2.85 bits per heavy atom. The molecule has 0 unspecified atom stereocenters. The smallest absolute Gasteiger partial charge is 0.276 e. The summed E-state index contributed by atoms with van der Waals surface area (Å²) in [7, 11) is 4.02. The molecular formula is C13H20N6O. The molecule has 20 heavy (non-hydrogen) atoms. The summed E-state index contributed by atoms with van der Waals surface area (Å²) in [4.78, 5) is 14.1. The third-order valence-electron chi connectivity index (χ3n) is 2.86. The third-order valence-corrected chi connectivity index (χ3v) is 2.86. The lowest BCUT2D eigenvalue weighted by Crippen LogP contribution is -2.18. The van der Waals surface area contributed by atoms with Crippen molar-refractivity contribution in [2.75, 3.05) is 26.0 Å². The van der Waals surface area contributed by atoms with E-state index in [0.717, 1.165) is 19.6 Å². The number of hydrogen-bond acceptors (Lipinski definition) is 4. The highest BCUT2D eigenvalue weighted by Gasteiger charge is 2.10. The molecule has 2 aromatic heterocycles. The fourth-order valence-corrected chi connectivity index (χ4v) is 1.71. The minimum Gasteiger partial charge on any atom is -0.318 e. The fourth-order valence-electron chi connectivity index (χ4n) is 1.71. The summed E-state index contributed by atoms with van der Waals surface area (Å²) >= 11 is 0. The lowest BCUT2D eigenvalue weighted by Gasteiger charge is -2.08. The van der Waals surface area contributed by atoms with Crippen molar-refractivity contribution in [2.45, 2.75) is 20.0 Å². The molecule has 0 spiro atoms. The van der Waals surface area contributed by atoms with Crippen LogP contribution >= 0.6 is 0 Å². The molecule has 2 aromatic rings. The molecule has 0 aliphatic heterocycles. The molecule has 0 radical (unpaired) electrons. The Morgan fingerprint density at radius 1 is 1.40 bits per heavy atom. The number of amides is 1. The van der Waals surface area contributed by atoms with Crippen molar-refractivity contribution < 1.29 is 4.79 Å². The van der Waals surface area contributed by atoms with Crippen LogP contribution in [0, 0.1) is 0 Å². The molecule has 0 fully saturated rings. The molecule has 0 saturated heterocycles. The molecule has 0 aromatic carbocycles. The third kappa shape index (κ3) is 3.67. The predicted molar refractivity (Wildman–Crippen MR) is 76.6 cm³/mol. The molecule has 7 nitrogen and oxygen atoms in total. The van der Waals surface area contributed by atoms with Gasteiger partial charge in [-0.2, -0.15) is 10.2 Å². The van der Waals surface area contributed by atoms with E-state index in [9.17, 15) is 4.79 Å². The molecule has 0 saturated carbocycles. The van der Waals surface area contributed by atoms with Crippen molar-refractivity contribution in [3.05, 3.63) is 30.4 Å². The van der Waals surface area contributed by atoms with E-state index in [1.165, 1.54) is 0 Å². The number of nitrogens with zero attached hydrogens (tertiary/aromatic N) is 5. The van der Waals surface area contributed by atoms with Gasteiger partial charge in [0.2, 0.25) is 0 Å². The van der Waals surface area contributed by atoms with Gasteiger partial charge in [-0.05, 0) is 27.1 Å². The van der Waals surface area contributed by atoms with Crippen LogP contribution in [0.3, 0.4) is 0 Å². The van der Waals surface area contributed by atoms with Crippen LogP contribution in [0.2, 0.25) is 0 Å². The summed E-state index contributed by atoms with van der Waals surface area (Å²) in [5.41, 5.74) is 1.09. The van der Waals surface area contributed by atoms with Crippen molar-refractivity contribution in [2.24, 2.45) is 0 Å². The molecule has 108 valence electrons. The van der Waals surface area contributed by atoms with E-state index in [0.29, 0.717) is 11.4 Å². The summed E-state index contributed by atoms with van der Waals surface area (Å²) in [6, 6.07) is 1.70. The van der Waals surface area contributed by atoms with Gasteiger partial charge in [0, 0.05) is 25.5 Å². The van der Waals surface area contributed by atoms with Crippen LogP contribution in [0.15, 0.2) is 24.7 Å². The molecular weight excluding hydrogens is 256 g/mol. The monoisotopic (exact) mass is 276 g/mol. The lowest BCUT2D eigenvalue weighted by atomic mass is 10.4. The maximum Gasteiger partial charge on any atom is 0.276 e.